The van der Waals surface area contributed by atoms with Crippen LogP contribution in [0.2, 0.25) is 5.02 Å². The number of anilines is 1. The van der Waals surface area contributed by atoms with E-state index in [2.05, 4.69) is 5.32 Å². The Morgan fingerprint density at radius 2 is 1.83 bits per heavy atom. The van der Waals surface area contributed by atoms with Gasteiger partial charge in [-0.1, -0.05) is 17.7 Å². The summed E-state index contributed by atoms with van der Waals surface area (Å²) in [6.45, 7) is 5.47. The molecule has 30 heavy (non-hydrogen) atoms. The van der Waals surface area contributed by atoms with Crippen LogP contribution < -0.4 is 10.1 Å². The molecule has 2 amide bonds. The fourth-order valence-electron chi connectivity index (χ4n) is 4.46. The van der Waals surface area contributed by atoms with Gasteiger partial charge in [0.05, 0.1) is 12.1 Å². The molecular formula is C24H27ClN2O3. The molecule has 2 aromatic carbocycles. The van der Waals surface area contributed by atoms with Gasteiger partial charge in [0.1, 0.15) is 5.75 Å². The van der Waals surface area contributed by atoms with E-state index in [-0.39, 0.29) is 23.1 Å². The van der Waals surface area contributed by atoms with Gasteiger partial charge < -0.3 is 15.0 Å². The Morgan fingerprint density at radius 3 is 2.47 bits per heavy atom. The first-order valence-corrected chi connectivity index (χ1v) is 10.7. The number of likely N-dealkylation sites (tertiary alicyclic amines) is 1. The lowest BCUT2D eigenvalue weighted by molar-refractivity contribution is -0.118. The number of rotatable bonds is 4. The highest BCUT2D eigenvalue weighted by Crippen LogP contribution is 2.59. The van der Waals surface area contributed by atoms with Gasteiger partial charge in [-0.05, 0) is 80.0 Å². The minimum atomic E-state index is -0.00255. The van der Waals surface area contributed by atoms with Crippen molar-refractivity contribution in [3.8, 4) is 5.75 Å². The quantitative estimate of drug-likeness (QED) is 0.760. The molecule has 1 aliphatic heterocycles. The number of hydrogen-bond donors (Lipinski definition) is 1. The van der Waals surface area contributed by atoms with E-state index in [0.29, 0.717) is 29.5 Å². The van der Waals surface area contributed by atoms with Gasteiger partial charge in [-0.15, -0.1) is 0 Å². The third-order valence-corrected chi connectivity index (χ3v) is 7.02. The zero-order chi connectivity index (χ0) is 21.5. The van der Waals surface area contributed by atoms with Crippen molar-refractivity contribution in [3.05, 3.63) is 58.1 Å². The normalized spacial score (nSPS) is 19.5. The van der Waals surface area contributed by atoms with Crippen molar-refractivity contribution in [1.82, 2.24) is 4.90 Å². The zero-order valence-electron chi connectivity index (χ0n) is 17.6. The first-order chi connectivity index (χ1) is 14.3. The molecule has 1 saturated carbocycles. The number of nitrogens with one attached hydrogen (secondary N) is 1. The molecule has 0 bridgehead atoms. The van der Waals surface area contributed by atoms with Crippen LogP contribution in [0.1, 0.15) is 40.7 Å². The molecule has 1 unspecified atom stereocenters. The fourth-order valence-corrected chi connectivity index (χ4v) is 4.71. The Labute approximate surface area is 182 Å². The molecule has 1 N–H and O–H groups in total. The van der Waals surface area contributed by atoms with Crippen molar-refractivity contribution < 1.29 is 14.3 Å². The molecule has 1 spiro atoms. The van der Waals surface area contributed by atoms with Crippen LogP contribution in [0.3, 0.4) is 0 Å². The Hall–Kier alpha value is -2.53. The minimum Gasteiger partial charge on any atom is -0.495 e. The van der Waals surface area contributed by atoms with Crippen LogP contribution >= 0.6 is 11.6 Å². The number of hydrogen-bond acceptors (Lipinski definition) is 3. The lowest BCUT2D eigenvalue weighted by atomic mass is 9.90. The third kappa shape index (κ3) is 3.91. The topological polar surface area (TPSA) is 58.6 Å². The molecule has 2 aromatic rings. The maximum Gasteiger partial charge on any atom is 0.253 e. The van der Waals surface area contributed by atoms with E-state index in [0.717, 1.165) is 30.4 Å². The SMILES string of the molecule is COc1ccc(NC(=O)C2CC23CCN(C(=O)c2ccc(C)c(C)c2)CC3)cc1Cl. The fraction of sp³-hybridized carbons (Fsp3) is 0.417. The Balaban J connectivity index is 1.34. The van der Waals surface area contributed by atoms with Crippen LogP contribution in [0.15, 0.2) is 36.4 Å². The van der Waals surface area contributed by atoms with Gasteiger partial charge >= 0.3 is 0 Å². The molecule has 2 aliphatic rings. The van der Waals surface area contributed by atoms with Crippen LogP contribution in [-0.2, 0) is 4.79 Å². The van der Waals surface area contributed by atoms with Gasteiger partial charge in [-0.25, -0.2) is 0 Å². The van der Waals surface area contributed by atoms with Crippen molar-refractivity contribution in [1.29, 1.82) is 0 Å². The van der Waals surface area contributed by atoms with E-state index < -0.39 is 0 Å². The molecular weight excluding hydrogens is 400 g/mol. The highest BCUT2D eigenvalue weighted by Gasteiger charge is 2.58. The largest absolute Gasteiger partial charge is 0.495 e. The maximum atomic E-state index is 12.9. The van der Waals surface area contributed by atoms with E-state index >= 15 is 0 Å². The molecule has 5 nitrogen and oxygen atoms in total. The van der Waals surface area contributed by atoms with Crippen molar-refractivity contribution in [3.63, 3.8) is 0 Å². The number of ether oxygens (including phenoxy) is 1. The summed E-state index contributed by atoms with van der Waals surface area (Å²) in [5, 5.41) is 3.45. The van der Waals surface area contributed by atoms with Crippen LogP contribution in [0.25, 0.3) is 0 Å². The second kappa shape index (κ2) is 7.95. The smallest absolute Gasteiger partial charge is 0.253 e. The van der Waals surface area contributed by atoms with Crippen molar-refractivity contribution in [2.75, 3.05) is 25.5 Å². The summed E-state index contributed by atoms with van der Waals surface area (Å²) < 4.78 is 5.15. The molecule has 2 fully saturated rings. The van der Waals surface area contributed by atoms with Crippen LogP contribution in [0, 0.1) is 25.2 Å². The molecule has 6 heteroatoms. The summed E-state index contributed by atoms with van der Waals surface area (Å²) in [7, 11) is 1.56. The molecule has 1 atom stereocenters. The summed E-state index contributed by atoms with van der Waals surface area (Å²) in [6, 6.07) is 11.1. The number of nitrogens with zero attached hydrogens (tertiary/aromatic N) is 1. The van der Waals surface area contributed by atoms with E-state index in [1.54, 1.807) is 25.3 Å². The van der Waals surface area contributed by atoms with Gasteiger partial charge in [-0.3, -0.25) is 9.59 Å². The summed E-state index contributed by atoms with van der Waals surface area (Å²) >= 11 is 6.15. The first kappa shape index (κ1) is 20.7. The number of methoxy groups -OCH3 is 1. The van der Waals surface area contributed by atoms with Gasteiger partial charge in [0.2, 0.25) is 5.91 Å². The van der Waals surface area contributed by atoms with Gasteiger partial charge in [-0.2, -0.15) is 0 Å². The van der Waals surface area contributed by atoms with Crippen molar-refractivity contribution in [2.45, 2.75) is 33.1 Å². The highest BCUT2D eigenvalue weighted by molar-refractivity contribution is 6.32. The Morgan fingerprint density at radius 1 is 1.10 bits per heavy atom. The highest BCUT2D eigenvalue weighted by atomic mass is 35.5. The monoisotopic (exact) mass is 426 g/mol. The van der Waals surface area contributed by atoms with E-state index in [9.17, 15) is 9.59 Å². The molecule has 158 valence electrons. The molecule has 4 rings (SSSR count). The van der Waals surface area contributed by atoms with E-state index in [4.69, 9.17) is 16.3 Å². The average molecular weight is 427 g/mol. The van der Waals surface area contributed by atoms with E-state index in [1.165, 1.54) is 5.56 Å². The van der Waals surface area contributed by atoms with E-state index in [1.807, 2.05) is 36.9 Å². The maximum absolute atomic E-state index is 12.9. The molecule has 0 radical (unpaired) electrons. The number of benzene rings is 2. The van der Waals surface area contributed by atoms with Crippen molar-refractivity contribution >= 4 is 29.1 Å². The Kier molecular flexibility index (Phi) is 5.49. The first-order valence-electron chi connectivity index (χ1n) is 10.3. The van der Waals surface area contributed by atoms with Crippen LogP contribution in [0.4, 0.5) is 5.69 Å². The third-order valence-electron chi connectivity index (χ3n) is 6.73. The molecule has 1 saturated heterocycles. The molecule has 1 heterocycles. The summed E-state index contributed by atoms with van der Waals surface area (Å²) in [4.78, 5) is 27.5. The zero-order valence-corrected chi connectivity index (χ0v) is 18.4. The lowest BCUT2D eigenvalue weighted by Crippen LogP contribution is -2.40. The van der Waals surface area contributed by atoms with Gasteiger partial charge in [0, 0.05) is 30.3 Å². The summed E-state index contributed by atoms with van der Waals surface area (Å²) in [6.07, 6.45) is 2.62. The number of carbonyl (C=O) groups is 2. The van der Waals surface area contributed by atoms with Crippen LogP contribution in [-0.4, -0.2) is 36.9 Å². The summed E-state index contributed by atoms with van der Waals surface area (Å²) in [5.74, 6) is 0.697. The average Bonchev–Trinajstić information content (AvgIpc) is 3.43. The standard InChI is InChI=1S/C24H27ClN2O3/c1-15-4-5-17(12-16(15)2)23(29)27-10-8-24(9-11-27)14-19(24)22(28)26-18-6-7-21(30-3)20(25)13-18/h4-7,12-13,19H,8-11,14H2,1-3H3,(H,26,28). The number of piperidine rings is 1. The number of aryl methyl sites for hydroxylation is 2. The number of halogens is 1. The predicted molar refractivity (Wildman–Crippen MR) is 118 cm³/mol. The minimum absolute atomic E-state index is 0.00255. The molecule has 1 aliphatic carbocycles. The van der Waals surface area contributed by atoms with Gasteiger partial charge in [0.25, 0.3) is 5.91 Å². The summed E-state index contributed by atoms with van der Waals surface area (Å²) in [5.41, 5.74) is 3.77. The van der Waals surface area contributed by atoms with Crippen LogP contribution in [0.5, 0.6) is 5.75 Å². The second-order valence-corrected chi connectivity index (χ2v) is 8.96. The van der Waals surface area contributed by atoms with Gasteiger partial charge in [0.15, 0.2) is 0 Å². The number of carbonyl (C=O) groups excluding carboxylic acids is 2. The Bertz CT molecular complexity index is 996. The predicted octanol–water partition coefficient (Wildman–Crippen LogP) is 4.85. The lowest BCUT2D eigenvalue weighted by Gasteiger charge is -2.33. The molecule has 0 aromatic heterocycles. The number of amides is 2. The second-order valence-electron chi connectivity index (χ2n) is 8.55. The van der Waals surface area contributed by atoms with Crippen molar-refractivity contribution in [2.24, 2.45) is 11.3 Å².